The van der Waals surface area contributed by atoms with E-state index >= 15 is 0 Å². The van der Waals surface area contributed by atoms with Crippen molar-refractivity contribution < 1.29 is 0 Å². The van der Waals surface area contributed by atoms with Gasteiger partial charge < -0.3 is 4.57 Å². The second kappa shape index (κ2) is 14.7. The van der Waals surface area contributed by atoms with E-state index in [4.69, 9.17) is 19.9 Å². The van der Waals surface area contributed by atoms with Gasteiger partial charge in [0.1, 0.15) is 0 Å². The van der Waals surface area contributed by atoms with Crippen LogP contribution in [-0.2, 0) is 0 Å². The summed E-state index contributed by atoms with van der Waals surface area (Å²) >= 11 is 0. The maximum absolute atomic E-state index is 5.28. The maximum Gasteiger partial charge on any atom is 0.238 e. The molecule has 0 saturated heterocycles. The molecule has 0 aliphatic rings. The summed E-state index contributed by atoms with van der Waals surface area (Å²) in [7, 11) is 0. The van der Waals surface area contributed by atoms with E-state index in [1.807, 2.05) is 48.5 Å². The Morgan fingerprint density at radius 1 is 0.274 bits per heavy atom. The summed E-state index contributed by atoms with van der Waals surface area (Å²) in [4.78, 5) is 20.8. The van der Waals surface area contributed by atoms with Crippen molar-refractivity contribution in [2.45, 2.75) is 0 Å². The Balaban J connectivity index is 1.14. The number of nitrogens with zero attached hydrogens (tertiary/aromatic N) is 6. The molecule has 0 aliphatic heterocycles. The van der Waals surface area contributed by atoms with Crippen LogP contribution in [0.1, 0.15) is 0 Å². The van der Waals surface area contributed by atoms with E-state index in [1.54, 1.807) is 0 Å². The monoisotopic (exact) mass is 792 g/mol. The summed E-state index contributed by atoms with van der Waals surface area (Å²) in [5.74, 6) is 1.78. The van der Waals surface area contributed by atoms with Gasteiger partial charge in [0.05, 0.1) is 33.5 Å². The summed E-state index contributed by atoms with van der Waals surface area (Å²) in [5, 5.41) is 4.55. The van der Waals surface area contributed by atoms with Crippen LogP contribution in [0.4, 0.5) is 0 Å². The van der Waals surface area contributed by atoms with Crippen LogP contribution >= 0.6 is 0 Å². The minimum atomic E-state index is 0.556. The van der Waals surface area contributed by atoms with Crippen molar-refractivity contribution >= 4 is 43.6 Å². The highest BCUT2D eigenvalue weighted by molar-refractivity contribution is 6.23. The van der Waals surface area contributed by atoms with Crippen molar-refractivity contribution in [3.63, 3.8) is 0 Å². The Hall–Kier alpha value is -8.48. The highest BCUT2D eigenvalue weighted by Gasteiger charge is 2.24. The average molecular weight is 793 g/mol. The first-order valence-corrected chi connectivity index (χ1v) is 20.8. The fourth-order valence-electron chi connectivity index (χ4n) is 8.91. The van der Waals surface area contributed by atoms with E-state index < -0.39 is 0 Å². The van der Waals surface area contributed by atoms with Crippen molar-refractivity contribution in [2.24, 2.45) is 0 Å². The predicted octanol–water partition coefficient (Wildman–Crippen LogP) is 13.8. The summed E-state index contributed by atoms with van der Waals surface area (Å²) in [6, 6.07) is 76.3. The molecule has 0 atom stereocenters. The fourth-order valence-corrected chi connectivity index (χ4v) is 8.91. The first-order valence-electron chi connectivity index (χ1n) is 20.8. The summed E-state index contributed by atoms with van der Waals surface area (Å²) < 4.78 is 4.66. The van der Waals surface area contributed by atoms with Gasteiger partial charge in [-0.15, -0.1) is 0 Å². The van der Waals surface area contributed by atoms with Crippen LogP contribution in [0.3, 0.4) is 0 Å². The number of hydrogen-bond acceptors (Lipinski definition) is 4. The Labute approximate surface area is 357 Å². The molecule has 8 aromatic carbocycles. The topological polar surface area (TPSA) is 61.4 Å². The van der Waals surface area contributed by atoms with Crippen LogP contribution in [0.5, 0.6) is 0 Å². The number of fused-ring (bicyclic) bond motifs is 7. The van der Waals surface area contributed by atoms with Crippen molar-refractivity contribution in [3.8, 4) is 68.1 Å². The van der Waals surface area contributed by atoms with Crippen molar-refractivity contribution in [1.29, 1.82) is 0 Å². The van der Waals surface area contributed by atoms with Gasteiger partial charge in [-0.2, -0.15) is 9.97 Å². The van der Waals surface area contributed by atoms with E-state index in [0.29, 0.717) is 17.6 Å². The lowest BCUT2D eigenvalue weighted by atomic mass is 9.99. The minimum absolute atomic E-state index is 0.556. The van der Waals surface area contributed by atoms with E-state index in [1.165, 1.54) is 5.39 Å². The largest absolute Gasteiger partial charge is 0.307 e. The number of hydrogen-bond donors (Lipinski definition) is 0. The lowest BCUT2D eigenvalue weighted by Crippen LogP contribution is -2.07. The fraction of sp³-hybridized carbons (Fsp3) is 0. The second-order valence-electron chi connectivity index (χ2n) is 15.5. The predicted molar refractivity (Wildman–Crippen MR) is 253 cm³/mol. The molecule has 0 saturated carbocycles. The van der Waals surface area contributed by atoms with Crippen LogP contribution in [-0.4, -0.2) is 29.1 Å². The van der Waals surface area contributed by atoms with Gasteiger partial charge >= 0.3 is 0 Å². The Kier molecular flexibility index (Phi) is 8.38. The zero-order valence-corrected chi connectivity index (χ0v) is 33.5. The SMILES string of the molecule is c1ccc(-c2cc(-c3cccc(-n4c5ccccc5c5ccc6c7ccccc7n(-c7nc(-c8ccccc8)nc(-c8ccccc8)n7)c6c54)c3)cc(-c3ccccc3)n2)cc1. The normalized spacial score (nSPS) is 11.5. The molecule has 290 valence electrons. The van der Waals surface area contributed by atoms with Gasteiger partial charge in [-0.1, -0.05) is 182 Å². The molecule has 0 amide bonds. The van der Waals surface area contributed by atoms with E-state index in [2.05, 4.69) is 179 Å². The molecule has 6 nitrogen and oxygen atoms in total. The standard InChI is InChI=1S/C56H36N6/c1-5-18-37(19-6-1)48-35-42(36-49(57-48)38-20-7-2-8-21-38)41-26-17-27-43(34-41)61-50-30-15-13-28-44(50)46-32-33-47-45-29-14-16-31-51(45)62(53(47)52(46)61)56-59-54(39-22-9-3-10-23-39)58-55(60-56)40-24-11-4-12-25-40/h1-36H. The summed E-state index contributed by atoms with van der Waals surface area (Å²) in [6.45, 7) is 0. The number of aromatic nitrogens is 6. The molecular formula is C56H36N6. The quantitative estimate of drug-likeness (QED) is 0.161. The molecule has 0 spiro atoms. The van der Waals surface area contributed by atoms with Crippen molar-refractivity contribution in [1.82, 2.24) is 29.1 Å². The van der Waals surface area contributed by atoms with Gasteiger partial charge in [0, 0.05) is 49.5 Å². The summed E-state index contributed by atoms with van der Waals surface area (Å²) in [6.07, 6.45) is 0. The average Bonchev–Trinajstić information content (AvgIpc) is 3.88. The second-order valence-corrected chi connectivity index (χ2v) is 15.5. The van der Waals surface area contributed by atoms with Gasteiger partial charge in [0.2, 0.25) is 5.95 Å². The number of pyridine rings is 1. The third-order valence-electron chi connectivity index (χ3n) is 11.8. The van der Waals surface area contributed by atoms with Crippen LogP contribution in [0.15, 0.2) is 218 Å². The van der Waals surface area contributed by atoms with Crippen LogP contribution in [0.25, 0.3) is 112 Å². The van der Waals surface area contributed by atoms with Gasteiger partial charge in [-0.25, -0.2) is 9.97 Å². The smallest absolute Gasteiger partial charge is 0.238 e. The zero-order chi connectivity index (χ0) is 41.0. The molecule has 62 heavy (non-hydrogen) atoms. The van der Waals surface area contributed by atoms with Crippen LogP contribution in [0.2, 0.25) is 0 Å². The van der Waals surface area contributed by atoms with Gasteiger partial charge in [-0.3, -0.25) is 4.57 Å². The molecule has 0 fully saturated rings. The molecule has 6 heteroatoms. The third-order valence-corrected chi connectivity index (χ3v) is 11.8. The Morgan fingerprint density at radius 2 is 0.710 bits per heavy atom. The van der Waals surface area contributed by atoms with Crippen LogP contribution < -0.4 is 0 Å². The Morgan fingerprint density at radius 3 is 1.24 bits per heavy atom. The molecule has 12 rings (SSSR count). The van der Waals surface area contributed by atoms with Crippen molar-refractivity contribution in [3.05, 3.63) is 218 Å². The molecule has 12 aromatic rings. The lowest BCUT2D eigenvalue weighted by molar-refractivity contribution is 0.953. The minimum Gasteiger partial charge on any atom is -0.307 e. The van der Waals surface area contributed by atoms with E-state index in [-0.39, 0.29) is 0 Å². The van der Waals surface area contributed by atoms with Gasteiger partial charge in [0.15, 0.2) is 11.6 Å². The molecule has 0 bridgehead atoms. The molecule has 4 aromatic heterocycles. The molecule has 0 N–H and O–H groups in total. The van der Waals surface area contributed by atoms with E-state index in [0.717, 1.165) is 88.7 Å². The Bertz CT molecular complexity index is 3500. The first-order chi connectivity index (χ1) is 30.7. The number of para-hydroxylation sites is 2. The highest BCUT2D eigenvalue weighted by Crippen LogP contribution is 2.42. The van der Waals surface area contributed by atoms with Gasteiger partial charge in [0.25, 0.3) is 0 Å². The van der Waals surface area contributed by atoms with Crippen molar-refractivity contribution in [2.75, 3.05) is 0 Å². The molecule has 4 heterocycles. The summed E-state index contributed by atoms with van der Waals surface area (Å²) in [5.41, 5.74) is 13.3. The lowest BCUT2D eigenvalue weighted by Gasteiger charge is -2.14. The van der Waals surface area contributed by atoms with E-state index in [9.17, 15) is 0 Å². The first kappa shape index (κ1) is 35.5. The molecular weight excluding hydrogens is 757 g/mol. The molecule has 0 radical (unpaired) electrons. The molecule has 0 unspecified atom stereocenters. The third kappa shape index (κ3) is 5.96. The van der Waals surface area contributed by atoms with Crippen LogP contribution in [0, 0.1) is 0 Å². The highest BCUT2D eigenvalue weighted by atomic mass is 15.2. The number of rotatable bonds is 7. The molecule has 0 aliphatic carbocycles. The maximum atomic E-state index is 5.28. The zero-order valence-electron chi connectivity index (χ0n) is 33.5. The number of benzene rings is 8. The van der Waals surface area contributed by atoms with Gasteiger partial charge in [-0.05, 0) is 47.5 Å².